The van der Waals surface area contributed by atoms with Crippen molar-refractivity contribution in [3.05, 3.63) is 76.6 Å². The SMILES string of the molecule is Cc1ccc(-c2csc(NC(=O)COc3ccccc3Cl)n2)c2ccccc12. The van der Waals surface area contributed by atoms with Crippen molar-refractivity contribution in [2.24, 2.45) is 0 Å². The van der Waals surface area contributed by atoms with Crippen LogP contribution in [0.25, 0.3) is 22.0 Å². The second kappa shape index (κ2) is 8.00. The number of fused-ring (bicyclic) bond motifs is 1. The molecular weight excluding hydrogens is 392 g/mol. The Kier molecular flexibility index (Phi) is 5.28. The third kappa shape index (κ3) is 3.86. The Morgan fingerprint density at radius 1 is 1.07 bits per heavy atom. The summed E-state index contributed by atoms with van der Waals surface area (Å²) in [5.41, 5.74) is 3.11. The minimum atomic E-state index is -0.283. The van der Waals surface area contributed by atoms with Crippen LogP contribution < -0.4 is 10.1 Å². The maximum absolute atomic E-state index is 12.2. The molecule has 3 aromatic carbocycles. The standard InChI is InChI=1S/C22H17ClN2O2S/c1-14-10-11-17(16-7-3-2-6-15(14)16)19-13-28-22(24-19)25-21(26)12-27-20-9-5-4-8-18(20)23/h2-11,13H,12H2,1H3,(H,24,25,26). The highest BCUT2D eigenvalue weighted by molar-refractivity contribution is 7.14. The Bertz CT molecular complexity index is 1160. The number of anilines is 1. The number of carbonyl (C=O) groups is 1. The molecule has 140 valence electrons. The second-order valence-corrected chi connectivity index (χ2v) is 7.55. The number of rotatable bonds is 5. The molecule has 0 atom stereocenters. The lowest BCUT2D eigenvalue weighted by molar-refractivity contribution is -0.118. The lowest BCUT2D eigenvalue weighted by atomic mass is 9.99. The first-order valence-corrected chi connectivity index (χ1v) is 9.99. The summed E-state index contributed by atoms with van der Waals surface area (Å²) in [5.74, 6) is 0.194. The van der Waals surface area contributed by atoms with Crippen molar-refractivity contribution < 1.29 is 9.53 Å². The molecule has 0 aliphatic rings. The Hall–Kier alpha value is -2.89. The summed E-state index contributed by atoms with van der Waals surface area (Å²) in [4.78, 5) is 16.8. The smallest absolute Gasteiger partial charge is 0.264 e. The number of amides is 1. The highest BCUT2D eigenvalue weighted by atomic mass is 35.5. The number of hydrogen-bond donors (Lipinski definition) is 1. The molecule has 6 heteroatoms. The molecule has 28 heavy (non-hydrogen) atoms. The minimum absolute atomic E-state index is 0.133. The van der Waals surface area contributed by atoms with Crippen LogP contribution in [0.5, 0.6) is 5.75 Å². The minimum Gasteiger partial charge on any atom is -0.482 e. The summed E-state index contributed by atoms with van der Waals surface area (Å²) in [6.07, 6.45) is 0. The summed E-state index contributed by atoms with van der Waals surface area (Å²) < 4.78 is 5.47. The van der Waals surface area contributed by atoms with Crippen molar-refractivity contribution in [2.45, 2.75) is 6.92 Å². The van der Waals surface area contributed by atoms with Crippen molar-refractivity contribution in [3.63, 3.8) is 0 Å². The molecule has 0 unspecified atom stereocenters. The van der Waals surface area contributed by atoms with Crippen molar-refractivity contribution in [1.29, 1.82) is 0 Å². The van der Waals surface area contributed by atoms with Gasteiger partial charge in [-0.1, -0.05) is 60.1 Å². The van der Waals surface area contributed by atoms with Crippen molar-refractivity contribution in [3.8, 4) is 17.0 Å². The van der Waals surface area contributed by atoms with E-state index >= 15 is 0 Å². The molecule has 1 amide bonds. The van der Waals surface area contributed by atoms with E-state index in [1.807, 2.05) is 17.5 Å². The van der Waals surface area contributed by atoms with Gasteiger partial charge >= 0.3 is 0 Å². The molecule has 4 rings (SSSR count). The average molecular weight is 409 g/mol. The molecule has 4 aromatic rings. The molecule has 0 saturated heterocycles. The number of hydrogen-bond acceptors (Lipinski definition) is 4. The third-order valence-corrected chi connectivity index (χ3v) is 5.43. The Labute approximate surface area is 171 Å². The molecule has 0 radical (unpaired) electrons. The normalized spacial score (nSPS) is 10.8. The molecule has 1 aromatic heterocycles. The predicted octanol–water partition coefficient (Wildman–Crippen LogP) is 5.94. The summed E-state index contributed by atoms with van der Waals surface area (Å²) in [7, 11) is 0. The van der Waals surface area contributed by atoms with Gasteiger partial charge in [-0.05, 0) is 35.4 Å². The van der Waals surface area contributed by atoms with Gasteiger partial charge in [0.2, 0.25) is 0 Å². The van der Waals surface area contributed by atoms with E-state index in [0.717, 1.165) is 16.6 Å². The van der Waals surface area contributed by atoms with Crippen LogP contribution in [0.4, 0.5) is 5.13 Å². The van der Waals surface area contributed by atoms with Crippen LogP contribution in [0, 0.1) is 6.92 Å². The van der Waals surface area contributed by atoms with Crippen molar-refractivity contribution in [2.75, 3.05) is 11.9 Å². The molecule has 4 nitrogen and oxygen atoms in total. The summed E-state index contributed by atoms with van der Waals surface area (Å²) in [5, 5.41) is 8.08. The number of carbonyl (C=O) groups excluding carboxylic acids is 1. The van der Waals surface area contributed by atoms with Gasteiger partial charge < -0.3 is 4.74 Å². The fourth-order valence-electron chi connectivity index (χ4n) is 2.99. The molecule has 0 aliphatic carbocycles. The van der Waals surface area contributed by atoms with Gasteiger partial charge in [0.05, 0.1) is 10.7 Å². The van der Waals surface area contributed by atoms with Gasteiger partial charge in [-0.3, -0.25) is 10.1 Å². The van der Waals surface area contributed by atoms with Gasteiger partial charge in [0.15, 0.2) is 11.7 Å². The largest absolute Gasteiger partial charge is 0.482 e. The first kappa shape index (κ1) is 18.5. The number of para-hydroxylation sites is 1. The van der Waals surface area contributed by atoms with E-state index in [2.05, 4.69) is 41.5 Å². The van der Waals surface area contributed by atoms with Gasteiger partial charge in [-0.25, -0.2) is 4.98 Å². The second-order valence-electron chi connectivity index (χ2n) is 6.28. The van der Waals surface area contributed by atoms with Gasteiger partial charge in [-0.15, -0.1) is 11.3 Å². The number of benzene rings is 3. The Morgan fingerprint density at radius 3 is 2.64 bits per heavy atom. The van der Waals surface area contributed by atoms with Crippen LogP contribution in [0.1, 0.15) is 5.56 Å². The van der Waals surface area contributed by atoms with E-state index in [-0.39, 0.29) is 12.5 Å². The summed E-state index contributed by atoms with van der Waals surface area (Å²) >= 11 is 7.42. The Morgan fingerprint density at radius 2 is 1.82 bits per heavy atom. The molecule has 0 spiro atoms. The van der Waals surface area contributed by atoms with E-state index in [0.29, 0.717) is 15.9 Å². The number of thiazole rings is 1. The fraction of sp³-hybridized carbons (Fsp3) is 0.0909. The van der Waals surface area contributed by atoms with Crippen LogP contribution in [-0.2, 0) is 4.79 Å². The number of ether oxygens (including phenoxy) is 1. The van der Waals surface area contributed by atoms with E-state index < -0.39 is 0 Å². The molecule has 1 heterocycles. The van der Waals surface area contributed by atoms with E-state index in [9.17, 15) is 4.79 Å². The number of nitrogens with one attached hydrogen (secondary N) is 1. The monoisotopic (exact) mass is 408 g/mol. The molecule has 0 bridgehead atoms. The first-order valence-electron chi connectivity index (χ1n) is 8.73. The van der Waals surface area contributed by atoms with Crippen molar-refractivity contribution >= 4 is 44.7 Å². The van der Waals surface area contributed by atoms with E-state index in [4.69, 9.17) is 16.3 Å². The zero-order valence-electron chi connectivity index (χ0n) is 15.1. The molecule has 0 fully saturated rings. The van der Waals surface area contributed by atoms with Crippen LogP contribution in [0.2, 0.25) is 5.02 Å². The molecule has 0 saturated carbocycles. The van der Waals surface area contributed by atoms with Crippen LogP contribution >= 0.6 is 22.9 Å². The Balaban J connectivity index is 1.49. The molecule has 0 aliphatic heterocycles. The maximum Gasteiger partial charge on any atom is 0.264 e. The fourth-order valence-corrected chi connectivity index (χ4v) is 3.91. The average Bonchev–Trinajstić information content (AvgIpc) is 3.16. The summed E-state index contributed by atoms with van der Waals surface area (Å²) in [6, 6.07) is 19.5. The molecule has 1 N–H and O–H groups in total. The number of aryl methyl sites for hydroxylation is 1. The number of aromatic nitrogens is 1. The summed E-state index contributed by atoms with van der Waals surface area (Å²) in [6.45, 7) is 1.96. The predicted molar refractivity (Wildman–Crippen MR) is 115 cm³/mol. The molecular formula is C22H17ClN2O2S. The van der Waals surface area contributed by atoms with E-state index in [1.165, 1.54) is 22.3 Å². The number of halogens is 1. The highest BCUT2D eigenvalue weighted by Crippen LogP contribution is 2.32. The van der Waals surface area contributed by atoms with Gasteiger partial charge in [0.1, 0.15) is 5.75 Å². The van der Waals surface area contributed by atoms with Crippen LogP contribution in [0.3, 0.4) is 0 Å². The van der Waals surface area contributed by atoms with Gasteiger partial charge in [0.25, 0.3) is 5.91 Å². The van der Waals surface area contributed by atoms with Gasteiger partial charge in [-0.2, -0.15) is 0 Å². The first-order chi connectivity index (χ1) is 13.6. The van der Waals surface area contributed by atoms with Crippen LogP contribution in [-0.4, -0.2) is 17.5 Å². The van der Waals surface area contributed by atoms with E-state index in [1.54, 1.807) is 24.3 Å². The van der Waals surface area contributed by atoms with Crippen LogP contribution in [0.15, 0.2) is 66.0 Å². The maximum atomic E-state index is 12.2. The topological polar surface area (TPSA) is 51.2 Å². The lowest BCUT2D eigenvalue weighted by Gasteiger charge is -2.07. The zero-order chi connectivity index (χ0) is 19.5. The third-order valence-electron chi connectivity index (χ3n) is 4.36. The lowest BCUT2D eigenvalue weighted by Crippen LogP contribution is -2.20. The zero-order valence-corrected chi connectivity index (χ0v) is 16.7. The van der Waals surface area contributed by atoms with Gasteiger partial charge in [0, 0.05) is 10.9 Å². The highest BCUT2D eigenvalue weighted by Gasteiger charge is 2.12. The van der Waals surface area contributed by atoms with Crippen molar-refractivity contribution in [1.82, 2.24) is 4.98 Å². The number of nitrogens with zero attached hydrogens (tertiary/aromatic N) is 1. The quantitative estimate of drug-likeness (QED) is 0.444.